The van der Waals surface area contributed by atoms with Crippen molar-refractivity contribution in [1.29, 1.82) is 0 Å². The number of aromatic nitrogens is 2. The Morgan fingerprint density at radius 2 is 1.86 bits per heavy atom. The number of hydrogen-bond acceptors (Lipinski definition) is 5. The molecule has 0 aliphatic heterocycles. The molecule has 0 amide bonds. The minimum atomic E-state index is -4.60. The number of alkyl halides is 3. The van der Waals surface area contributed by atoms with Gasteiger partial charge in [-0.1, -0.05) is 39.3 Å². The summed E-state index contributed by atoms with van der Waals surface area (Å²) in [5, 5.41) is 0. The fraction of sp³-hybridized carbons (Fsp3) is 0.500. The van der Waals surface area contributed by atoms with E-state index in [1.165, 1.54) is 11.9 Å². The second kappa shape index (κ2) is 9.61. The van der Waals surface area contributed by atoms with Crippen molar-refractivity contribution in [2.24, 2.45) is 5.92 Å². The van der Waals surface area contributed by atoms with Gasteiger partial charge in [0.25, 0.3) is 0 Å². The van der Waals surface area contributed by atoms with E-state index in [-0.39, 0.29) is 17.7 Å². The Labute approximate surface area is 163 Å². The van der Waals surface area contributed by atoms with Crippen molar-refractivity contribution in [1.82, 2.24) is 9.97 Å². The van der Waals surface area contributed by atoms with E-state index in [4.69, 9.17) is 9.47 Å². The molecule has 0 aliphatic carbocycles. The summed E-state index contributed by atoms with van der Waals surface area (Å²) < 4.78 is 51.8. The number of anilines is 2. The summed E-state index contributed by atoms with van der Waals surface area (Å²) in [4.78, 5) is 9.12. The van der Waals surface area contributed by atoms with Gasteiger partial charge in [-0.05, 0) is 24.5 Å². The summed E-state index contributed by atoms with van der Waals surface area (Å²) in [6.07, 6.45) is -2.17. The quantitative estimate of drug-likeness (QED) is 0.525. The summed E-state index contributed by atoms with van der Waals surface area (Å²) in [7, 11) is 1.52. The number of hydrogen-bond donors (Lipinski definition) is 0. The smallest absolute Gasteiger partial charge is 0.421 e. The van der Waals surface area contributed by atoms with Crippen molar-refractivity contribution < 1.29 is 22.6 Å². The predicted molar refractivity (Wildman–Crippen MR) is 102 cm³/mol. The molecule has 154 valence electrons. The Balaban J connectivity index is 2.42. The average molecular weight is 397 g/mol. The summed E-state index contributed by atoms with van der Waals surface area (Å²) in [6, 6.07) is 6.85. The van der Waals surface area contributed by atoms with Crippen molar-refractivity contribution in [3.05, 3.63) is 36.0 Å². The molecule has 5 nitrogen and oxygen atoms in total. The van der Waals surface area contributed by atoms with Crippen LogP contribution in [0.4, 0.5) is 24.7 Å². The van der Waals surface area contributed by atoms with Gasteiger partial charge in [0.15, 0.2) is 5.82 Å². The van der Waals surface area contributed by atoms with Crippen LogP contribution in [0.2, 0.25) is 0 Å². The molecule has 8 heteroatoms. The highest BCUT2D eigenvalue weighted by molar-refractivity contribution is 5.68. The minimum absolute atomic E-state index is 0.0797. The molecule has 0 saturated heterocycles. The Hall–Kier alpha value is -2.51. The van der Waals surface area contributed by atoms with Crippen LogP contribution >= 0.6 is 0 Å². The van der Waals surface area contributed by atoms with Gasteiger partial charge in [0.05, 0.1) is 18.9 Å². The zero-order valence-electron chi connectivity index (χ0n) is 16.6. The number of benzene rings is 1. The predicted octanol–water partition coefficient (Wildman–Crippen LogP) is 5.48. The van der Waals surface area contributed by atoms with Crippen LogP contribution in [0.5, 0.6) is 11.8 Å². The number of para-hydroxylation sites is 2. The lowest BCUT2D eigenvalue weighted by atomic mass is 10.2. The van der Waals surface area contributed by atoms with Crippen LogP contribution in [0.1, 0.15) is 39.2 Å². The molecule has 0 spiro atoms. The zero-order chi connectivity index (χ0) is 20.7. The fourth-order valence-electron chi connectivity index (χ4n) is 2.42. The molecule has 1 aromatic carbocycles. The van der Waals surface area contributed by atoms with Gasteiger partial charge in [0.1, 0.15) is 11.3 Å². The first-order valence-electron chi connectivity index (χ1n) is 9.26. The van der Waals surface area contributed by atoms with Gasteiger partial charge in [-0.15, -0.1) is 0 Å². The van der Waals surface area contributed by atoms with E-state index in [1.807, 2.05) is 20.8 Å². The molecule has 0 bridgehead atoms. The van der Waals surface area contributed by atoms with Gasteiger partial charge >= 0.3 is 12.2 Å². The number of rotatable bonds is 9. The van der Waals surface area contributed by atoms with Crippen LogP contribution in [0.15, 0.2) is 30.5 Å². The first-order valence-corrected chi connectivity index (χ1v) is 9.26. The van der Waals surface area contributed by atoms with Crippen molar-refractivity contribution in [2.75, 3.05) is 25.2 Å². The molecule has 0 atom stereocenters. The van der Waals surface area contributed by atoms with Crippen LogP contribution in [-0.2, 0) is 6.18 Å². The maximum atomic E-state index is 13.5. The number of unbranched alkanes of at least 4 members (excludes halogenated alkanes) is 1. The van der Waals surface area contributed by atoms with E-state index in [1.54, 1.807) is 24.3 Å². The van der Waals surface area contributed by atoms with Gasteiger partial charge in [-0.25, -0.2) is 4.98 Å². The van der Waals surface area contributed by atoms with Crippen LogP contribution < -0.4 is 14.4 Å². The first kappa shape index (κ1) is 21.8. The van der Waals surface area contributed by atoms with Gasteiger partial charge in [-0.3, -0.25) is 0 Å². The number of ether oxygens (including phenoxy) is 2. The molecule has 28 heavy (non-hydrogen) atoms. The van der Waals surface area contributed by atoms with E-state index in [0.29, 0.717) is 24.7 Å². The largest absolute Gasteiger partial charge is 0.491 e. The molecule has 2 aromatic rings. The second-order valence-corrected chi connectivity index (χ2v) is 6.82. The molecule has 0 saturated carbocycles. The lowest BCUT2D eigenvalue weighted by molar-refractivity contribution is -0.137. The molecule has 0 radical (unpaired) electrons. The van der Waals surface area contributed by atoms with Crippen molar-refractivity contribution >= 4 is 11.5 Å². The Kier molecular flexibility index (Phi) is 7.48. The average Bonchev–Trinajstić information content (AvgIpc) is 2.65. The maximum absolute atomic E-state index is 13.5. The van der Waals surface area contributed by atoms with Gasteiger partial charge < -0.3 is 14.4 Å². The monoisotopic (exact) mass is 397 g/mol. The highest BCUT2D eigenvalue weighted by Crippen LogP contribution is 2.40. The molecule has 1 heterocycles. The fourth-order valence-corrected chi connectivity index (χ4v) is 2.42. The first-order chi connectivity index (χ1) is 13.2. The molecule has 0 fully saturated rings. The third-order valence-electron chi connectivity index (χ3n) is 3.90. The van der Waals surface area contributed by atoms with Gasteiger partial charge in [0, 0.05) is 13.2 Å². The molecule has 1 aromatic heterocycles. The van der Waals surface area contributed by atoms with E-state index in [0.717, 1.165) is 19.0 Å². The van der Waals surface area contributed by atoms with E-state index < -0.39 is 11.7 Å². The summed E-state index contributed by atoms with van der Waals surface area (Å²) >= 11 is 0. The maximum Gasteiger partial charge on any atom is 0.421 e. The van der Waals surface area contributed by atoms with Crippen molar-refractivity contribution in [3.63, 3.8) is 0 Å². The molecule has 2 rings (SSSR count). The molecular formula is C20H26F3N3O2. The van der Waals surface area contributed by atoms with E-state index in [9.17, 15) is 13.2 Å². The SMILES string of the molecule is CCCCOc1ncc(C(F)(F)F)c(N(C)c2ccccc2OCC(C)C)n1. The van der Waals surface area contributed by atoms with Crippen LogP contribution in [0.3, 0.4) is 0 Å². The Morgan fingerprint density at radius 1 is 1.14 bits per heavy atom. The van der Waals surface area contributed by atoms with E-state index in [2.05, 4.69) is 9.97 Å². The van der Waals surface area contributed by atoms with Crippen molar-refractivity contribution in [2.45, 2.75) is 39.8 Å². The van der Waals surface area contributed by atoms with Crippen LogP contribution in [0.25, 0.3) is 0 Å². The normalized spacial score (nSPS) is 11.6. The summed E-state index contributed by atoms with van der Waals surface area (Å²) in [6.45, 7) is 6.78. The summed E-state index contributed by atoms with van der Waals surface area (Å²) in [5.74, 6) is 0.482. The van der Waals surface area contributed by atoms with E-state index >= 15 is 0 Å². The van der Waals surface area contributed by atoms with Crippen molar-refractivity contribution in [3.8, 4) is 11.8 Å². The Morgan fingerprint density at radius 3 is 2.50 bits per heavy atom. The number of halogens is 3. The lowest BCUT2D eigenvalue weighted by Gasteiger charge is -2.25. The topological polar surface area (TPSA) is 47.5 Å². The molecule has 0 aliphatic rings. The van der Waals surface area contributed by atoms with Crippen LogP contribution in [0, 0.1) is 5.92 Å². The highest BCUT2D eigenvalue weighted by atomic mass is 19.4. The third-order valence-corrected chi connectivity index (χ3v) is 3.90. The number of nitrogens with zero attached hydrogens (tertiary/aromatic N) is 3. The third kappa shape index (κ3) is 5.74. The Bertz CT molecular complexity index is 767. The second-order valence-electron chi connectivity index (χ2n) is 6.82. The van der Waals surface area contributed by atoms with Gasteiger partial charge in [-0.2, -0.15) is 18.2 Å². The lowest BCUT2D eigenvalue weighted by Crippen LogP contribution is -2.20. The highest BCUT2D eigenvalue weighted by Gasteiger charge is 2.37. The zero-order valence-corrected chi connectivity index (χ0v) is 16.6. The van der Waals surface area contributed by atoms with Gasteiger partial charge in [0.2, 0.25) is 0 Å². The molecular weight excluding hydrogens is 371 g/mol. The molecule has 0 unspecified atom stereocenters. The van der Waals surface area contributed by atoms with Crippen LogP contribution in [-0.4, -0.2) is 30.2 Å². The standard InChI is InChI=1S/C20H26F3N3O2/c1-5-6-11-27-19-24-12-15(20(21,22)23)18(25-19)26(4)16-9-7-8-10-17(16)28-13-14(2)3/h7-10,12,14H,5-6,11,13H2,1-4H3. The minimum Gasteiger partial charge on any atom is -0.491 e. The molecule has 0 N–H and O–H groups in total. The summed E-state index contributed by atoms with van der Waals surface area (Å²) in [5.41, 5.74) is -0.455.